The number of carbonyl (C=O) groups is 10. The lowest BCUT2D eigenvalue weighted by Crippen LogP contribution is -2.60. The second-order valence-corrected chi connectivity index (χ2v) is 37.1. The van der Waals surface area contributed by atoms with Gasteiger partial charge in [-0.15, -0.1) is 11.8 Å². The Labute approximate surface area is 707 Å². The average molecular weight is 1730 g/mol. The Hall–Kier alpha value is -8.93. The summed E-state index contributed by atoms with van der Waals surface area (Å²) in [4.78, 5) is 134. The Bertz CT molecular complexity index is 4720. The van der Waals surface area contributed by atoms with Gasteiger partial charge in [0, 0.05) is 122 Å². The minimum Gasteiger partial charge on any atom is -0.331 e. The number of carbonyl (C=O) groups excluding carboxylic acids is 10. The summed E-state index contributed by atoms with van der Waals surface area (Å²) in [6.45, 7) is 9.86. The fourth-order valence-electron chi connectivity index (χ4n) is 23.1. The number of unbranched alkanes of at least 4 members (excludes halogenated alkanes) is 4. The number of hydrogen-bond acceptors (Lipinski definition) is 12. The lowest BCUT2D eigenvalue weighted by molar-refractivity contribution is -0.145. The smallest absolute Gasteiger partial charge is 0.331 e. The molecule has 17 nitrogen and oxygen atoms in total. The molecule has 14 rings (SSSR count). The van der Waals surface area contributed by atoms with Gasteiger partial charge >= 0.3 is 24.7 Å². The van der Waals surface area contributed by atoms with Crippen LogP contribution < -0.4 is 16.4 Å². The maximum Gasteiger partial charge on any atom is 0.416 e. The molecular formula is C92H107F12N7O10S. The van der Waals surface area contributed by atoms with Crippen molar-refractivity contribution >= 4 is 82.0 Å². The molecule has 6 saturated carbocycles. The van der Waals surface area contributed by atoms with Crippen LogP contribution in [0.2, 0.25) is 0 Å². The number of nitrogens with one attached hydrogen (secondary N) is 2. The van der Waals surface area contributed by atoms with Crippen LogP contribution in [-0.2, 0) is 98.6 Å². The first kappa shape index (κ1) is 92.3. The predicted molar refractivity (Wildman–Crippen MR) is 434 cm³/mol. The van der Waals surface area contributed by atoms with Crippen molar-refractivity contribution in [1.29, 1.82) is 0 Å². The Kier molecular flexibility index (Phi) is 27.5. The number of benzene rings is 4. The number of ketones is 2. The van der Waals surface area contributed by atoms with Crippen molar-refractivity contribution in [3.05, 3.63) is 166 Å². The van der Waals surface area contributed by atoms with Crippen LogP contribution >= 0.6 is 11.8 Å². The number of amides is 8. The van der Waals surface area contributed by atoms with Crippen molar-refractivity contribution in [3.63, 3.8) is 0 Å². The number of thioether (sulfide) groups is 1. The average Bonchev–Trinajstić information content (AvgIpc) is 1.40. The molecule has 0 spiro atoms. The summed E-state index contributed by atoms with van der Waals surface area (Å²) >= 11 is 1.27. The van der Waals surface area contributed by atoms with Gasteiger partial charge in [0.25, 0.3) is 11.8 Å². The number of hydrogen-bond donors (Lipinski definition) is 3. The maximum absolute atomic E-state index is 13.9. The van der Waals surface area contributed by atoms with Gasteiger partial charge in [0.05, 0.1) is 27.5 Å². The van der Waals surface area contributed by atoms with E-state index in [-0.39, 0.29) is 132 Å². The molecule has 8 amide bonds. The lowest BCUT2D eigenvalue weighted by atomic mass is 9.47. The van der Waals surface area contributed by atoms with E-state index >= 15 is 0 Å². The zero-order valence-corrected chi connectivity index (χ0v) is 68.9. The van der Waals surface area contributed by atoms with Gasteiger partial charge in [-0.05, 0) is 244 Å². The summed E-state index contributed by atoms with van der Waals surface area (Å²) in [6.07, 6.45) is 1.75. The van der Waals surface area contributed by atoms with Crippen molar-refractivity contribution in [2.24, 2.45) is 74.7 Å². The van der Waals surface area contributed by atoms with Crippen LogP contribution in [0.1, 0.15) is 214 Å². The van der Waals surface area contributed by atoms with Crippen molar-refractivity contribution in [2.45, 2.75) is 238 Å². The van der Waals surface area contributed by atoms with Crippen molar-refractivity contribution in [2.75, 3.05) is 29.6 Å². The first-order valence-corrected chi connectivity index (χ1v) is 43.2. The van der Waals surface area contributed by atoms with E-state index in [9.17, 15) is 101 Å². The molecule has 10 aliphatic rings. The topological polar surface area (TPSA) is 234 Å². The number of halogens is 12. The Morgan fingerprint density at radius 2 is 0.861 bits per heavy atom. The number of anilines is 2. The normalized spacial score (nSPS) is 29.2. The van der Waals surface area contributed by atoms with Gasteiger partial charge in [0.2, 0.25) is 35.4 Å². The Morgan fingerprint density at radius 1 is 0.459 bits per heavy atom. The van der Waals surface area contributed by atoms with Gasteiger partial charge in [0.1, 0.15) is 11.6 Å². The van der Waals surface area contributed by atoms with Gasteiger partial charge in [-0.2, -0.15) is 52.7 Å². The zero-order valence-electron chi connectivity index (χ0n) is 68.1. The van der Waals surface area contributed by atoms with Crippen molar-refractivity contribution in [3.8, 4) is 0 Å². The van der Waals surface area contributed by atoms with E-state index in [1.165, 1.54) is 33.7 Å². The summed E-state index contributed by atoms with van der Waals surface area (Å²) in [5.74, 6) is -2.20. The number of nitrogens with two attached hydrogens (primary N) is 1. The van der Waals surface area contributed by atoms with Crippen LogP contribution in [0.15, 0.2) is 121 Å². The predicted octanol–water partition coefficient (Wildman–Crippen LogP) is 18.7. The van der Waals surface area contributed by atoms with E-state index in [0.717, 1.165) is 49.7 Å². The van der Waals surface area contributed by atoms with E-state index in [1.807, 2.05) is 84.3 Å². The molecule has 1 unspecified atom stereocenters. The lowest BCUT2D eigenvalue weighted by Gasteiger charge is -2.60. The molecule has 660 valence electrons. The standard InChI is InChI=1S/C46H54F6N4O5S.C45H49F6N3O5.CH4/c1-43-19-17-34-31(33(43)14-15-35(43)36(57)23-28-22-29(45(47,48)49)9-13-32(28)46(50,51)52)12-16-38-44(34,2)20-18-40(59)56(38)25-27-7-10-30(11-8-27)54-39(58)6-4-3-5-21-55-41(60)24-37(42(55)61)62-26-53;1-42-21-19-34-31(33(42)14-15-35(42)36(55)25-28-24-29(44(46,47)48)9-13-32(28)45(49,50)51)12-16-37-43(34,2)22-20-41(59)54(37)26-27-7-10-30(11-8-27)52-38(56)6-4-3-5-23-53-39(57)17-18-40(53)58;/h7-11,13,18,20,22,31,33-35,37-38H,3-6,12,14-17,19,21,23-26,53H2,1-2H3,(H,54,58);7-11,13,17-18,20,22,24,31,33-35,37H,3-6,12,14-16,19,21,23,25-26H2,1-2H3,(H,52,56);1H4/t31-,33-,34-,35+,37?,38+,43-,44+;31-,33-,34-,35+,37+,42-,43+;/m00./s1. The first-order chi connectivity index (χ1) is 57.0. The summed E-state index contributed by atoms with van der Waals surface area (Å²) in [7, 11) is 0. The van der Waals surface area contributed by atoms with E-state index < -0.39 is 110 Å². The maximum atomic E-state index is 13.9. The number of fused-ring (bicyclic) bond motifs is 10. The molecule has 4 aromatic carbocycles. The summed E-state index contributed by atoms with van der Waals surface area (Å²) in [5.41, 5.74) is 0.711. The molecule has 0 bridgehead atoms. The van der Waals surface area contributed by atoms with Crippen molar-refractivity contribution in [1.82, 2.24) is 19.6 Å². The molecule has 4 aliphatic heterocycles. The van der Waals surface area contributed by atoms with E-state index in [2.05, 4.69) is 24.5 Å². The molecule has 0 radical (unpaired) electrons. The van der Waals surface area contributed by atoms with E-state index in [0.29, 0.717) is 157 Å². The Morgan fingerprint density at radius 3 is 1.25 bits per heavy atom. The van der Waals surface area contributed by atoms with Crippen LogP contribution in [0.25, 0.3) is 0 Å². The summed E-state index contributed by atoms with van der Waals surface area (Å²) in [5, 5.41) is 5.41. The molecule has 122 heavy (non-hydrogen) atoms. The third kappa shape index (κ3) is 19.2. The van der Waals surface area contributed by atoms with E-state index in [4.69, 9.17) is 5.73 Å². The fourth-order valence-corrected chi connectivity index (χ4v) is 23.9. The van der Waals surface area contributed by atoms with Crippen LogP contribution in [0, 0.1) is 69.0 Å². The van der Waals surface area contributed by atoms with Crippen LogP contribution in [0.3, 0.4) is 0 Å². The third-order valence-corrected chi connectivity index (χ3v) is 30.0. The van der Waals surface area contributed by atoms with Gasteiger partial charge < -0.3 is 26.2 Å². The fraction of sp³-hybridized carbons (Fsp3) is 0.565. The largest absolute Gasteiger partial charge is 0.416 e. The minimum atomic E-state index is -4.90. The molecule has 7 fully saturated rings. The van der Waals surface area contributed by atoms with Gasteiger partial charge in [-0.3, -0.25) is 57.7 Å². The molecule has 4 aromatic rings. The molecule has 4 heterocycles. The highest BCUT2D eigenvalue weighted by atomic mass is 32.2. The number of likely N-dealkylation sites (tertiary alicyclic amines) is 1. The minimum absolute atomic E-state index is 0. The quantitative estimate of drug-likeness (QED) is 0.0231. The van der Waals surface area contributed by atoms with Gasteiger partial charge in [-0.1, -0.05) is 84.4 Å². The van der Waals surface area contributed by atoms with Gasteiger partial charge in [-0.25, -0.2) is 0 Å². The first-order valence-electron chi connectivity index (χ1n) is 42.1. The molecule has 0 aromatic heterocycles. The highest BCUT2D eigenvalue weighted by molar-refractivity contribution is 8.00. The van der Waals surface area contributed by atoms with E-state index in [1.54, 1.807) is 12.2 Å². The molecule has 30 heteroatoms. The van der Waals surface area contributed by atoms with Crippen LogP contribution in [0.5, 0.6) is 0 Å². The number of nitrogens with zero attached hydrogens (tertiary/aromatic N) is 4. The number of imide groups is 2. The molecule has 4 N–H and O–H groups in total. The Balaban J connectivity index is 0.000000222. The monoisotopic (exact) mass is 1730 g/mol. The number of alkyl halides is 12. The van der Waals surface area contributed by atoms with Crippen molar-refractivity contribution < 1.29 is 101 Å². The molecule has 15 atom stereocenters. The second kappa shape index (κ2) is 36.3. The molecule has 6 aliphatic carbocycles. The highest BCUT2D eigenvalue weighted by Gasteiger charge is 2.64. The molecular weight excluding hydrogens is 1620 g/mol. The summed E-state index contributed by atoms with van der Waals surface area (Å²) in [6, 6.07) is 17.3. The van der Waals surface area contributed by atoms with Crippen LogP contribution in [-0.4, -0.2) is 115 Å². The third-order valence-electron chi connectivity index (χ3n) is 29.1. The zero-order chi connectivity index (χ0) is 87.3. The number of Topliss-reactive ketones (excluding diaryl/α,β-unsaturated/α-hetero) is 2. The summed E-state index contributed by atoms with van der Waals surface area (Å²) < 4.78 is 164. The highest BCUT2D eigenvalue weighted by Crippen LogP contribution is 2.68. The van der Waals surface area contributed by atoms with Gasteiger partial charge in [0.15, 0.2) is 0 Å². The molecule has 1 saturated heterocycles. The second-order valence-electron chi connectivity index (χ2n) is 35.8. The SMILES string of the molecule is C.C[C@]12C=CC(=O)N(Cc3ccc(NC(=O)CCCCCN4C(=O)C=CC4=O)cc3)[C@@H]1CC[C@@H]1[C@@H]2CC[C@]2(C)[C@@H](C(=O)Cc3cc(C(F)(F)F)ccc3C(F)(F)F)CC[C@@H]12.C[C@]12C=CC(=O)N(Cc3ccc(NC(=O)CCCCCN4C(=O)CC(SCN)C4=O)cc3)[C@@H]1CC[C@@H]1[C@@H]2CC[C@]2(C)[C@@H](C(=O)Cc3cc(C(F)(F)F)ccc3C(F)(F)F)CC[C@@H]12. The van der Waals surface area contributed by atoms with Crippen LogP contribution in [0.4, 0.5) is 64.1 Å². The number of rotatable bonds is 26.